The number of carbonyl (C=O) groups excluding carboxylic acids is 1. The van der Waals surface area contributed by atoms with Crippen molar-refractivity contribution in [1.29, 1.82) is 0 Å². The maximum atomic E-state index is 11.9. The number of ether oxygens (including phenoxy) is 2. The minimum atomic E-state index is -0.219. The molecule has 1 atom stereocenters. The van der Waals surface area contributed by atoms with E-state index in [0.29, 0.717) is 26.1 Å². The van der Waals surface area contributed by atoms with E-state index in [9.17, 15) is 4.79 Å². The van der Waals surface area contributed by atoms with Crippen LogP contribution in [0.3, 0.4) is 0 Å². The van der Waals surface area contributed by atoms with Crippen LogP contribution in [0.4, 0.5) is 0 Å². The molecule has 0 aliphatic carbocycles. The minimum absolute atomic E-state index is 0.00908. The zero-order valence-corrected chi connectivity index (χ0v) is 12.5. The van der Waals surface area contributed by atoms with Crippen molar-refractivity contribution >= 4 is 5.91 Å². The molecule has 0 aromatic heterocycles. The Labute approximate surface area is 120 Å². The highest BCUT2D eigenvalue weighted by Gasteiger charge is 2.15. The summed E-state index contributed by atoms with van der Waals surface area (Å²) in [7, 11) is 3.31. The average molecular weight is 280 g/mol. The summed E-state index contributed by atoms with van der Waals surface area (Å²) in [6.45, 7) is 3.37. The fourth-order valence-corrected chi connectivity index (χ4v) is 1.67. The average Bonchev–Trinajstić information content (AvgIpc) is 2.46. The van der Waals surface area contributed by atoms with Crippen molar-refractivity contribution in [1.82, 2.24) is 4.90 Å². The van der Waals surface area contributed by atoms with Gasteiger partial charge < -0.3 is 20.1 Å². The van der Waals surface area contributed by atoms with Crippen molar-refractivity contribution in [3.63, 3.8) is 0 Å². The summed E-state index contributed by atoms with van der Waals surface area (Å²) in [6, 6.07) is 7.84. The van der Waals surface area contributed by atoms with E-state index in [1.165, 1.54) is 5.56 Å². The lowest BCUT2D eigenvalue weighted by Gasteiger charge is -2.20. The molecule has 112 valence electrons. The SMILES string of the molecule is COC(CN)CC(=O)N(C)CCOc1ccc(C)cc1. The van der Waals surface area contributed by atoms with Crippen LogP contribution in [0.15, 0.2) is 24.3 Å². The van der Waals surface area contributed by atoms with Gasteiger partial charge in [0.15, 0.2) is 0 Å². The minimum Gasteiger partial charge on any atom is -0.492 e. The molecule has 0 bridgehead atoms. The normalized spacial score (nSPS) is 12.0. The van der Waals surface area contributed by atoms with Crippen LogP contribution >= 0.6 is 0 Å². The second-order valence-electron chi connectivity index (χ2n) is 4.77. The Morgan fingerprint density at radius 3 is 2.55 bits per heavy atom. The number of hydrogen-bond acceptors (Lipinski definition) is 4. The van der Waals surface area contributed by atoms with E-state index in [1.807, 2.05) is 31.2 Å². The zero-order valence-electron chi connectivity index (χ0n) is 12.5. The van der Waals surface area contributed by atoms with Crippen molar-refractivity contribution in [3.05, 3.63) is 29.8 Å². The number of likely N-dealkylation sites (N-methyl/N-ethyl adjacent to an activating group) is 1. The topological polar surface area (TPSA) is 64.8 Å². The number of carbonyl (C=O) groups is 1. The van der Waals surface area contributed by atoms with Crippen LogP contribution in [0.25, 0.3) is 0 Å². The quantitative estimate of drug-likeness (QED) is 0.777. The van der Waals surface area contributed by atoms with Gasteiger partial charge in [-0.2, -0.15) is 0 Å². The third kappa shape index (κ3) is 5.59. The second-order valence-corrected chi connectivity index (χ2v) is 4.77. The largest absolute Gasteiger partial charge is 0.492 e. The summed E-state index contributed by atoms with van der Waals surface area (Å²) in [5, 5.41) is 0. The number of amides is 1. The van der Waals surface area contributed by atoms with Crippen LogP contribution in [0, 0.1) is 6.92 Å². The Balaban J connectivity index is 2.30. The molecular formula is C15H24N2O3. The Morgan fingerprint density at radius 2 is 2.00 bits per heavy atom. The van der Waals surface area contributed by atoms with E-state index in [1.54, 1.807) is 19.1 Å². The Morgan fingerprint density at radius 1 is 1.35 bits per heavy atom. The first-order chi connectivity index (χ1) is 9.56. The van der Waals surface area contributed by atoms with Crippen LogP contribution in [-0.2, 0) is 9.53 Å². The van der Waals surface area contributed by atoms with Gasteiger partial charge in [-0.05, 0) is 19.1 Å². The van der Waals surface area contributed by atoms with Gasteiger partial charge in [-0.15, -0.1) is 0 Å². The van der Waals surface area contributed by atoms with E-state index < -0.39 is 0 Å². The number of benzene rings is 1. The van der Waals surface area contributed by atoms with Crippen LogP contribution < -0.4 is 10.5 Å². The van der Waals surface area contributed by atoms with Crippen LogP contribution in [0.5, 0.6) is 5.75 Å². The first kappa shape index (κ1) is 16.5. The summed E-state index contributed by atoms with van der Waals surface area (Å²) < 4.78 is 10.7. The molecule has 0 radical (unpaired) electrons. The molecule has 20 heavy (non-hydrogen) atoms. The highest BCUT2D eigenvalue weighted by Crippen LogP contribution is 2.11. The van der Waals surface area contributed by atoms with Gasteiger partial charge in [0.25, 0.3) is 0 Å². The summed E-state index contributed by atoms with van der Waals surface area (Å²) in [6.07, 6.45) is 0.0802. The van der Waals surface area contributed by atoms with Crippen LogP contribution in [-0.4, -0.2) is 50.8 Å². The van der Waals surface area contributed by atoms with Gasteiger partial charge in [-0.1, -0.05) is 17.7 Å². The number of aryl methyl sites for hydroxylation is 1. The van der Waals surface area contributed by atoms with Gasteiger partial charge in [0, 0.05) is 20.7 Å². The van der Waals surface area contributed by atoms with Gasteiger partial charge in [0.1, 0.15) is 12.4 Å². The van der Waals surface area contributed by atoms with Crippen LogP contribution in [0.2, 0.25) is 0 Å². The first-order valence-corrected chi connectivity index (χ1v) is 6.73. The van der Waals surface area contributed by atoms with Gasteiger partial charge in [-0.25, -0.2) is 0 Å². The third-order valence-electron chi connectivity index (χ3n) is 3.14. The number of methoxy groups -OCH3 is 1. The molecule has 5 heteroatoms. The van der Waals surface area contributed by atoms with Crippen LogP contribution in [0.1, 0.15) is 12.0 Å². The predicted molar refractivity (Wildman–Crippen MR) is 78.8 cm³/mol. The van der Waals surface area contributed by atoms with E-state index in [0.717, 1.165) is 5.75 Å². The van der Waals surface area contributed by atoms with E-state index in [2.05, 4.69) is 0 Å². The summed E-state index contributed by atoms with van der Waals surface area (Å²) in [5.74, 6) is 0.822. The molecule has 0 fully saturated rings. The van der Waals surface area contributed by atoms with E-state index >= 15 is 0 Å². The Bertz CT molecular complexity index is 402. The first-order valence-electron chi connectivity index (χ1n) is 6.73. The van der Waals surface area contributed by atoms with Gasteiger partial charge >= 0.3 is 0 Å². The number of rotatable bonds is 8. The van der Waals surface area contributed by atoms with E-state index in [-0.39, 0.29) is 12.0 Å². The standard InChI is InChI=1S/C15H24N2O3/c1-12-4-6-13(7-5-12)20-9-8-17(2)15(18)10-14(11-16)19-3/h4-7,14H,8-11,16H2,1-3H3. The van der Waals surface area contributed by atoms with Gasteiger partial charge in [-0.3, -0.25) is 4.79 Å². The fourth-order valence-electron chi connectivity index (χ4n) is 1.67. The van der Waals surface area contributed by atoms with Crippen molar-refractivity contribution in [3.8, 4) is 5.75 Å². The van der Waals surface area contributed by atoms with Crippen molar-refractivity contribution < 1.29 is 14.3 Å². The molecule has 0 aliphatic heterocycles. The molecule has 1 aromatic rings. The van der Waals surface area contributed by atoms with Gasteiger partial charge in [0.2, 0.25) is 5.91 Å². The van der Waals surface area contributed by atoms with Crippen molar-refractivity contribution in [2.24, 2.45) is 5.73 Å². The summed E-state index contributed by atoms with van der Waals surface area (Å²) >= 11 is 0. The molecule has 0 saturated carbocycles. The number of nitrogens with two attached hydrogens (primary N) is 1. The lowest BCUT2D eigenvalue weighted by atomic mass is 10.2. The lowest BCUT2D eigenvalue weighted by molar-refractivity contribution is -0.132. The van der Waals surface area contributed by atoms with Crippen molar-refractivity contribution in [2.45, 2.75) is 19.4 Å². The molecule has 1 aromatic carbocycles. The summed E-state index contributed by atoms with van der Waals surface area (Å²) in [4.78, 5) is 13.5. The highest BCUT2D eigenvalue weighted by molar-refractivity contribution is 5.76. The Hall–Kier alpha value is -1.59. The van der Waals surface area contributed by atoms with E-state index in [4.69, 9.17) is 15.2 Å². The molecule has 5 nitrogen and oxygen atoms in total. The second kappa shape index (κ2) is 8.55. The predicted octanol–water partition coefficient (Wildman–Crippen LogP) is 1.20. The van der Waals surface area contributed by atoms with Gasteiger partial charge in [0.05, 0.1) is 19.1 Å². The summed E-state index contributed by atoms with van der Waals surface area (Å²) in [5.41, 5.74) is 6.69. The molecule has 1 rings (SSSR count). The fraction of sp³-hybridized carbons (Fsp3) is 0.533. The zero-order chi connectivity index (χ0) is 15.0. The molecule has 0 aliphatic rings. The Kier molecular flexibility index (Phi) is 7.04. The molecule has 1 unspecified atom stereocenters. The smallest absolute Gasteiger partial charge is 0.225 e. The molecule has 2 N–H and O–H groups in total. The molecule has 0 heterocycles. The third-order valence-corrected chi connectivity index (χ3v) is 3.14. The lowest BCUT2D eigenvalue weighted by Crippen LogP contribution is -2.35. The molecular weight excluding hydrogens is 256 g/mol. The van der Waals surface area contributed by atoms with Crippen molar-refractivity contribution in [2.75, 3.05) is 33.9 Å². The monoisotopic (exact) mass is 280 g/mol. The number of nitrogens with zero attached hydrogens (tertiary/aromatic N) is 1. The maximum absolute atomic E-state index is 11.9. The number of hydrogen-bond donors (Lipinski definition) is 1. The maximum Gasteiger partial charge on any atom is 0.225 e. The molecule has 0 saturated heterocycles. The molecule has 1 amide bonds. The molecule has 0 spiro atoms. The highest BCUT2D eigenvalue weighted by atomic mass is 16.5.